The van der Waals surface area contributed by atoms with Gasteiger partial charge in [0.1, 0.15) is 11.9 Å². The fraction of sp³-hybridized carbons (Fsp3) is 0.516. The molecule has 2 atom stereocenters. The number of carbonyl (C=O) groups is 1. The van der Waals surface area contributed by atoms with E-state index in [-0.39, 0.29) is 12.0 Å². The first-order valence-electron chi connectivity index (χ1n) is 14.0. The van der Waals surface area contributed by atoms with E-state index in [0.29, 0.717) is 48.4 Å². The molecule has 0 N–H and O–H groups in total. The quantitative estimate of drug-likeness (QED) is 0.358. The highest BCUT2D eigenvalue weighted by atomic mass is 32.2. The summed E-state index contributed by atoms with van der Waals surface area (Å²) in [6.45, 7) is 8.31. The molecular formula is C31H37F3N2O5S. The monoisotopic (exact) mass is 606 g/mol. The van der Waals surface area contributed by atoms with Crippen LogP contribution in [0.1, 0.15) is 74.0 Å². The average Bonchev–Trinajstić information content (AvgIpc) is 3.42. The van der Waals surface area contributed by atoms with Gasteiger partial charge in [0.2, 0.25) is 10.0 Å². The molecule has 5 rings (SSSR count). The molecule has 0 saturated carbocycles. The van der Waals surface area contributed by atoms with Crippen LogP contribution in [0.15, 0.2) is 35.9 Å². The summed E-state index contributed by atoms with van der Waals surface area (Å²) in [7, 11) is -1.87. The Labute approximate surface area is 245 Å². The first-order chi connectivity index (χ1) is 19.5. The minimum atomic E-state index is -4.51. The van der Waals surface area contributed by atoms with Crippen molar-refractivity contribution in [1.82, 2.24) is 4.90 Å². The number of alkyl halides is 3. The van der Waals surface area contributed by atoms with Gasteiger partial charge in [-0.15, -0.1) is 0 Å². The average molecular weight is 607 g/mol. The van der Waals surface area contributed by atoms with Crippen molar-refractivity contribution in [2.75, 3.05) is 30.8 Å². The van der Waals surface area contributed by atoms with Gasteiger partial charge < -0.3 is 9.47 Å². The van der Waals surface area contributed by atoms with Crippen LogP contribution in [-0.2, 0) is 27.4 Å². The number of allylic oxidation sites excluding steroid dienone is 1. The summed E-state index contributed by atoms with van der Waals surface area (Å²) in [5, 5.41) is 0. The maximum Gasteiger partial charge on any atom is 0.416 e. The van der Waals surface area contributed by atoms with Gasteiger partial charge in [0.25, 0.3) is 0 Å². The van der Waals surface area contributed by atoms with Crippen LogP contribution in [0.3, 0.4) is 0 Å². The van der Waals surface area contributed by atoms with E-state index in [1.54, 1.807) is 31.9 Å². The van der Waals surface area contributed by atoms with Crippen LogP contribution in [0, 0.1) is 12.3 Å². The molecule has 0 unspecified atom stereocenters. The van der Waals surface area contributed by atoms with Crippen molar-refractivity contribution >= 4 is 27.4 Å². The zero-order chi connectivity index (χ0) is 30.8. The van der Waals surface area contributed by atoms with Gasteiger partial charge in [-0.1, -0.05) is 25.5 Å². The molecule has 1 saturated heterocycles. The number of aryl methyl sites for hydroxylation is 1. The van der Waals surface area contributed by atoms with E-state index in [9.17, 15) is 26.4 Å². The van der Waals surface area contributed by atoms with E-state index < -0.39 is 40.0 Å². The summed E-state index contributed by atoms with van der Waals surface area (Å²) in [4.78, 5) is 14.8. The number of fused-ring (bicyclic) bond motifs is 1. The smallest absolute Gasteiger partial charge is 0.416 e. The predicted molar refractivity (Wildman–Crippen MR) is 155 cm³/mol. The van der Waals surface area contributed by atoms with Gasteiger partial charge in [0, 0.05) is 18.7 Å². The molecule has 2 aromatic carbocycles. The van der Waals surface area contributed by atoms with Crippen molar-refractivity contribution in [2.24, 2.45) is 5.41 Å². The summed E-state index contributed by atoms with van der Waals surface area (Å²) in [5.41, 5.74) is 4.25. The van der Waals surface area contributed by atoms with Gasteiger partial charge >= 0.3 is 12.3 Å². The molecular weight excluding hydrogens is 569 g/mol. The number of hydrogen-bond donors (Lipinski definition) is 0. The summed E-state index contributed by atoms with van der Waals surface area (Å²) in [6.07, 6.45) is -1.89. The van der Waals surface area contributed by atoms with Gasteiger partial charge in [0.15, 0.2) is 0 Å². The van der Waals surface area contributed by atoms with Crippen LogP contribution < -0.4 is 9.04 Å². The summed E-state index contributed by atoms with van der Waals surface area (Å²) >= 11 is 0. The van der Waals surface area contributed by atoms with Crippen LogP contribution in [0.2, 0.25) is 0 Å². The van der Waals surface area contributed by atoms with Crippen LogP contribution in [0.25, 0.3) is 5.57 Å². The number of rotatable bonds is 6. The molecule has 7 nitrogen and oxygen atoms in total. The Balaban J connectivity index is 1.54. The maximum atomic E-state index is 13.5. The number of sulfonamides is 1. The second kappa shape index (κ2) is 10.5. The zero-order valence-electron chi connectivity index (χ0n) is 24.8. The number of carbonyl (C=O) groups excluding carboxylic acids is 1. The third-order valence-corrected chi connectivity index (χ3v) is 9.84. The normalized spacial score (nSPS) is 22.5. The zero-order valence-corrected chi connectivity index (χ0v) is 25.6. The Morgan fingerprint density at radius 1 is 1.12 bits per heavy atom. The third kappa shape index (κ3) is 5.72. The third-order valence-electron chi connectivity index (χ3n) is 8.66. The van der Waals surface area contributed by atoms with E-state index in [4.69, 9.17) is 9.47 Å². The first-order valence-corrected chi connectivity index (χ1v) is 15.9. The van der Waals surface area contributed by atoms with Crippen molar-refractivity contribution in [3.8, 4) is 5.75 Å². The maximum absolute atomic E-state index is 13.5. The number of nitrogens with zero attached hydrogens (tertiary/aromatic N) is 2. The fourth-order valence-corrected chi connectivity index (χ4v) is 7.48. The number of ether oxygens (including phenoxy) is 2. The molecule has 1 fully saturated rings. The Bertz CT molecular complexity index is 1560. The second-order valence-corrected chi connectivity index (χ2v) is 14.4. The number of hydrogen-bond acceptors (Lipinski definition) is 5. The Kier molecular flexibility index (Phi) is 7.56. The Morgan fingerprint density at radius 3 is 2.48 bits per heavy atom. The van der Waals surface area contributed by atoms with Crippen molar-refractivity contribution in [3.05, 3.63) is 63.7 Å². The summed E-state index contributed by atoms with van der Waals surface area (Å²) in [6, 6.07) is 7.04. The molecule has 0 aromatic heterocycles. The van der Waals surface area contributed by atoms with Crippen LogP contribution in [0.5, 0.6) is 5.75 Å². The van der Waals surface area contributed by atoms with Gasteiger partial charge in [-0.3, -0.25) is 9.21 Å². The number of benzene rings is 2. The van der Waals surface area contributed by atoms with E-state index in [2.05, 4.69) is 13.8 Å². The lowest BCUT2D eigenvalue weighted by atomic mass is 9.72. The molecule has 11 heteroatoms. The topological polar surface area (TPSA) is 76.2 Å². The molecule has 0 spiro atoms. The number of halogens is 3. The Hall–Kier alpha value is -3.21. The molecule has 1 amide bonds. The standard InChI is InChI=1S/C31H37F3N2O5S/c1-18-11-21(13-23(12-18)31(32,33)34)28-19(2)35(29(37)41-28)17-22-16-30(3,4)9-7-24(22)25-15-26-20(14-27(25)40-5)8-10-36(26)42(6,38)39/h11-15,19,28H,7-10,16-17H2,1-6H3/t19-,28-/m0/s1. The van der Waals surface area contributed by atoms with Crippen molar-refractivity contribution < 1.29 is 35.9 Å². The van der Waals surface area contributed by atoms with Crippen LogP contribution in [-0.4, -0.2) is 51.9 Å². The van der Waals surface area contributed by atoms with Gasteiger partial charge in [-0.2, -0.15) is 13.2 Å². The van der Waals surface area contributed by atoms with E-state index in [1.165, 1.54) is 10.6 Å². The molecule has 2 heterocycles. The van der Waals surface area contributed by atoms with Crippen LogP contribution in [0.4, 0.5) is 23.7 Å². The SMILES string of the molecule is COc1cc2c(cc1C1=C(CN3C(=O)O[C@H](c4cc(C)cc(C(F)(F)F)c4)[C@@H]3C)CC(C)(C)CC1)N(S(C)(=O)=O)CC2. The minimum Gasteiger partial charge on any atom is -0.496 e. The number of methoxy groups -OCH3 is 1. The molecule has 42 heavy (non-hydrogen) atoms. The highest BCUT2D eigenvalue weighted by molar-refractivity contribution is 7.92. The largest absolute Gasteiger partial charge is 0.496 e. The second-order valence-electron chi connectivity index (χ2n) is 12.5. The molecule has 0 radical (unpaired) electrons. The van der Waals surface area contributed by atoms with E-state index in [1.807, 2.05) is 12.1 Å². The van der Waals surface area contributed by atoms with Gasteiger partial charge in [0.05, 0.1) is 30.7 Å². The fourth-order valence-electron chi connectivity index (χ4n) is 6.53. The molecule has 0 bridgehead atoms. The van der Waals surface area contributed by atoms with E-state index in [0.717, 1.165) is 40.8 Å². The highest BCUT2D eigenvalue weighted by Gasteiger charge is 2.43. The number of amides is 1. The molecule has 2 aliphatic heterocycles. The lowest BCUT2D eigenvalue weighted by molar-refractivity contribution is -0.137. The molecule has 1 aliphatic carbocycles. The lowest BCUT2D eigenvalue weighted by Crippen LogP contribution is -2.35. The summed E-state index contributed by atoms with van der Waals surface area (Å²) < 4.78 is 78.5. The molecule has 3 aliphatic rings. The van der Waals surface area contributed by atoms with E-state index >= 15 is 0 Å². The molecule has 228 valence electrons. The molecule has 2 aromatic rings. The van der Waals surface area contributed by atoms with Gasteiger partial charge in [-0.25, -0.2) is 13.2 Å². The predicted octanol–water partition coefficient (Wildman–Crippen LogP) is 6.89. The number of anilines is 1. The van der Waals surface area contributed by atoms with Crippen molar-refractivity contribution in [1.29, 1.82) is 0 Å². The van der Waals surface area contributed by atoms with Crippen molar-refractivity contribution in [2.45, 2.75) is 71.7 Å². The van der Waals surface area contributed by atoms with Gasteiger partial charge in [-0.05, 0) is 91.5 Å². The van der Waals surface area contributed by atoms with Crippen LogP contribution >= 0.6 is 0 Å². The van der Waals surface area contributed by atoms with Crippen molar-refractivity contribution in [3.63, 3.8) is 0 Å². The Morgan fingerprint density at radius 2 is 1.83 bits per heavy atom. The first kappa shape index (κ1) is 30.3. The lowest BCUT2D eigenvalue weighted by Gasteiger charge is -2.36. The minimum absolute atomic E-state index is 0.0496. The highest BCUT2D eigenvalue weighted by Crippen LogP contribution is 2.48. The number of cyclic esters (lactones) is 1. The summed E-state index contributed by atoms with van der Waals surface area (Å²) in [5.74, 6) is 0.644.